The van der Waals surface area contributed by atoms with Crippen LogP contribution in [0.25, 0.3) is 0 Å². The van der Waals surface area contributed by atoms with Gasteiger partial charge in [-0.2, -0.15) is 0 Å². The average Bonchev–Trinajstić information content (AvgIpc) is 2.79. The summed E-state index contributed by atoms with van der Waals surface area (Å²) in [5.74, 6) is 0.213. The Morgan fingerprint density at radius 3 is 2.65 bits per heavy atom. The summed E-state index contributed by atoms with van der Waals surface area (Å²) < 4.78 is 39.7. The van der Waals surface area contributed by atoms with Crippen LogP contribution in [-0.2, 0) is 15.8 Å². The fourth-order valence-corrected chi connectivity index (χ4v) is 4.46. The summed E-state index contributed by atoms with van der Waals surface area (Å²) >= 11 is 2.68. The maximum absolute atomic E-state index is 12.8. The molecule has 0 amide bonds. The van der Waals surface area contributed by atoms with Crippen molar-refractivity contribution in [1.82, 2.24) is 10.2 Å². The highest BCUT2D eigenvalue weighted by Crippen LogP contribution is 2.26. The Balaban J connectivity index is 2.04. The quantitative estimate of drug-likeness (QED) is 0.823. The molecule has 20 heavy (non-hydrogen) atoms. The van der Waals surface area contributed by atoms with E-state index in [1.165, 1.54) is 47.4 Å². The molecule has 0 aliphatic heterocycles. The van der Waals surface area contributed by atoms with Crippen molar-refractivity contribution in [3.63, 3.8) is 0 Å². The monoisotopic (exact) mass is 333 g/mol. The number of nitrogens with zero attached hydrogens (tertiary/aromatic N) is 2. The van der Waals surface area contributed by atoms with Gasteiger partial charge in [0.05, 0.1) is 5.75 Å². The molecule has 1 aromatic heterocycles. The molecule has 0 fully saturated rings. The zero-order chi connectivity index (χ0) is 14.6. The zero-order valence-corrected chi connectivity index (χ0v) is 13.0. The molecule has 0 aliphatic carbocycles. The zero-order valence-electron chi connectivity index (χ0n) is 10.5. The Morgan fingerprint density at radius 2 is 2.00 bits per heavy atom. The molecule has 1 N–H and O–H groups in total. The Kier molecular flexibility index (Phi) is 4.95. The number of anilines is 1. The van der Waals surface area contributed by atoms with E-state index < -0.39 is 15.8 Å². The molecule has 5 nitrogen and oxygen atoms in total. The number of sulfonamides is 1. The number of nitrogens with one attached hydrogen (secondary N) is 1. The van der Waals surface area contributed by atoms with Crippen LogP contribution in [0.1, 0.15) is 12.5 Å². The van der Waals surface area contributed by atoms with E-state index in [4.69, 9.17) is 0 Å². The molecule has 1 heterocycles. The molecule has 0 unspecified atom stereocenters. The predicted octanol–water partition coefficient (Wildman–Crippen LogP) is 2.73. The molecule has 0 atom stereocenters. The van der Waals surface area contributed by atoms with Crippen molar-refractivity contribution < 1.29 is 12.8 Å². The van der Waals surface area contributed by atoms with Gasteiger partial charge >= 0.3 is 0 Å². The largest absolute Gasteiger partial charge is 0.257 e. The highest BCUT2D eigenvalue weighted by Gasteiger charge is 2.15. The van der Waals surface area contributed by atoms with Crippen molar-refractivity contribution in [2.45, 2.75) is 17.0 Å². The van der Waals surface area contributed by atoms with E-state index in [0.29, 0.717) is 9.90 Å². The minimum atomic E-state index is -3.58. The van der Waals surface area contributed by atoms with Crippen LogP contribution in [0.4, 0.5) is 9.52 Å². The van der Waals surface area contributed by atoms with Gasteiger partial charge in [0.25, 0.3) is 0 Å². The lowest BCUT2D eigenvalue weighted by molar-refractivity contribution is 0.599. The predicted molar refractivity (Wildman–Crippen MR) is 79.0 cm³/mol. The molecule has 2 rings (SSSR count). The number of benzene rings is 1. The first kappa shape index (κ1) is 15.2. The summed E-state index contributed by atoms with van der Waals surface area (Å²) in [4.78, 5) is 0. The second kappa shape index (κ2) is 6.51. The minimum absolute atomic E-state index is 0.233. The smallest absolute Gasteiger partial charge is 0.238 e. The second-order valence-electron chi connectivity index (χ2n) is 3.79. The molecule has 1 aromatic carbocycles. The van der Waals surface area contributed by atoms with Gasteiger partial charge < -0.3 is 0 Å². The van der Waals surface area contributed by atoms with Gasteiger partial charge in [-0.3, -0.25) is 4.72 Å². The van der Waals surface area contributed by atoms with Gasteiger partial charge in [0.15, 0.2) is 4.34 Å². The fraction of sp³-hybridized carbons (Fsp3) is 0.273. The number of hydrogen-bond acceptors (Lipinski definition) is 6. The van der Waals surface area contributed by atoms with Crippen LogP contribution >= 0.6 is 23.1 Å². The first-order chi connectivity index (χ1) is 9.48. The van der Waals surface area contributed by atoms with E-state index in [0.717, 1.165) is 5.75 Å². The number of halogens is 1. The van der Waals surface area contributed by atoms with Gasteiger partial charge in [-0.05, 0) is 23.4 Å². The van der Waals surface area contributed by atoms with Crippen molar-refractivity contribution in [2.75, 3.05) is 10.5 Å². The highest BCUT2D eigenvalue weighted by atomic mass is 32.2. The van der Waals surface area contributed by atoms with Gasteiger partial charge in [0.1, 0.15) is 5.82 Å². The summed E-state index contributed by atoms with van der Waals surface area (Å²) in [6.07, 6.45) is 0. The maximum Gasteiger partial charge on any atom is 0.238 e. The van der Waals surface area contributed by atoms with Gasteiger partial charge in [-0.25, -0.2) is 12.8 Å². The summed E-state index contributed by atoms with van der Waals surface area (Å²) in [7, 11) is -3.58. The molecule has 0 saturated heterocycles. The van der Waals surface area contributed by atoms with Crippen LogP contribution in [0.2, 0.25) is 0 Å². The van der Waals surface area contributed by atoms with Gasteiger partial charge in [0.2, 0.25) is 15.2 Å². The lowest BCUT2D eigenvalue weighted by Crippen LogP contribution is -2.14. The first-order valence-corrected chi connectivity index (χ1v) is 9.15. The molecule has 108 valence electrons. The van der Waals surface area contributed by atoms with E-state index in [1.54, 1.807) is 0 Å². The van der Waals surface area contributed by atoms with E-state index in [1.807, 2.05) is 6.92 Å². The van der Waals surface area contributed by atoms with Crippen molar-refractivity contribution in [3.05, 3.63) is 35.6 Å². The van der Waals surface area contributed by atoms with Gasteiger partial charge in [-0.15, -0.1) is 10.2 Å². The third kappa shape index (κ3) is 4.43. The van der Waals surface area contributed by atoms with E-state index in [-0.39, 0.29) is 10.9 Å². The van der Waals surface area contributed by atoms with Crippen LogP contribution < -0.4 is 4.72 Å². The van der Waals surface area contributed by atoms with Gasteiger partial charge in [-0.1, -0.05) is 42.2 Å². The number of rotatable bonds is 6. The van der Waals surface area contributed by atoms with Crippen LogP contribution in [0.3, 0.4) is 0 Å². The van der Waals surface area contributed by atoms with E-state index in [9.17, 15) is 12.8 Å². The molecule has 0 aliphatic rings. The highest BCUT2D eigenvalue weighted by molar-refractivity contribution is 8.01. The third-order valence-corrected chi connectivity index (χ3v) is 5.39. The second-order valence-corrected chi connectivity index (χ2v) is 8.00. The SMILES string of the molecule is CCSc1nnc(NS(=O)(=O)Cc2ccc(F)cc2)s1. The molecule has 9 heteroatoms. The lowest BCUT2D eigenvalue weighted by atomic mass is 10.2. The van der Waals surface area contributed by atoms with Crippen molar-refractivity contribution in [2.24, 2.45) is 0 Å². The van der Waals surface area contributed by atoms with Crippen molar-refractivity contribution in [3.8, 4) is 0 Å². The number of thioether (sulfide) groups is 1. The average molecular weight is 333 g/mol. The van der Waals surface area contributed by atoms with Crippen LogP contribution in [0.5, 0.6) is 0 Å². The molecule has 2 aromatic rings. The Bertz CT molecular complexity index is 670. The standard InChI is InChI=1S/C11H12FN3O2S3/c1-2-18-11-14-13-10(19-11)15-20(16,17)7-8-3-5-9(12)6-4-8/h3-6H,2,7H2,1H3,(H,13,15). The number of hydrogen-bond donors (Lipinski definition) is 1. The molecular weight excluding hydrogens is 321 g/mol. The minimum Gasteiger partial charge on any atom is -0.257 e. The number of aromatic nitrogens is 2. The van der Waals surface area contributed by atoms with Crippen molar-refractivity contribution >= 4 is 38.3 Å². The topological polar surface area (TPSA) is 72.0 Å². The molecule has 0 spiro atoms. The Morgan fingerprint density at radius 1 is 1.30 bits per heavy atom. The van der Waals surface area contributed by atoms with Crippen LogP contribution in [0.15, 0.2) is 28.6 Å². The lowest BCUT2D eigenvalue weighted by Gasteiger charge is -2.04. The van der Waals surface area contributed by atoms with Crippen LogP contribution in [0, 0.1) is 5.82 Å². The molecule has 0 bridgehead atoms. The normalized spacial score (nSPS) is 11.5. The Hall–Kier alpha value is -1.19. The molecule has 0 saturated carbocycles. The fourth-order valence-electron chi connectivity index (χ4n) is 1.40. The third-order valence-electron chi connectivity index (χ3n) is 2.19. The molecule has 0 radical (unpaired) electrons. The molecular formula is C11H12FN3O2S3. The first-order valence-electron chi connectivity index (χ1n) is 5.70. The van der Waals surface area contributed by atoms with E-state index in [2.05, 4.69) is 14.9 Å². The summed E-state index contributed by atoms with van der Waals surface area (Å²) in [5.41, 5.74) is 0.506. The maximum atomic E-state index is 12.8. The summed E-state index contributed by atoms with van der Waals surface area (Å²) in [5, 5.41) is 7.88. The van der Waals surface area contributed by atoms with E-state index >= 15 is 0 Å². The summed E-state index contributed by atoms with van der Waals surface area (Å²) in [6.45, 7) is 1.98. The van der Waals surface area contributed by atoms with Crippen LogP contribution in [-0.4, -0.2) is 24.4 Å². The summed E-state index contributed by atoms with van der Waals surface area (Å²) in [6, 6.07) is 5.33. The van der Waals surface area contributed by atoms with Crippen molar-refractivity contribution in [1.29, 1.82) is 0 Å². The Labute approximate surface area is 124 Å². The van der Waals surface area contributed by atoms with Gasteiger partial charge in [0, 0.05) is 0 Å².